The highest BCUT2D eigenvalue weighted by atomic mass is 32.2. The summed E-state index contributed by atoms with van der Waals surface area (Å²) in [4.78, 5) is 35.7. The molecular weight excluding hydrogens is 314 g/mol. The van der Waals surface area contributed by atoms with Crippen molar-refractivity contribution in [3.63, 3.8) is 0 Å². The van der Waals surface area contributed by atoms with Crippen LogP contribution < -0.4 is 16.4 Å². The summed E-state index contributed by atoms with van der Waals surface area (Å²) < 4.78 is 0. The van der Waals surface area contributed by atoms with Crippen LogP contribution in [0.2, 0.25) is 0 Å². The largest absolute Gasteiger partial charge is 0.368 e. The lowest BCUT2D eigenvalue weighted by molar-refractivity contribution is -0.119. The lowest BCUT2D eigenvalue weighted by Crippen LogP contribution is -2.42. The summed E-state index contributed by atoms with van der Waals surface area (Å²) in [6.07, 6.45) is 3.08. The second kappa shape index (κ2) is 9.89. The Morgan fingerprint density at radius 2 is 1.91 bits per heavy atom. The molecule has 7 heteroatoms. The Kier molecular flexibility index (Phi) is 8.18. The summed E-state index contributed by atoms with van der Waals surface area (Å²) in [7, 11) is 0. The van der Waals surface area contributed by atoms with Gasteiger partial charge in [-0.3, -0.25) is 14.4 Å². The highest BCUT2D eigenvalue weighted by Crippen LogP contribution is 2.23. The van der Waals surface area contributed by atoms with E-state index in [2.05, 4.69) is 17.6 Å². The van der Waals surface area contributed by atoms with Gasteiger partial charge in [0.05, 0.1) is 5.56 Å². The maximum Gasteiger partial charge on any atom is 0.283 e. The molecule has 6 nitrogen and oxygen atoms in total. The zero-order valence-electron chi connectivity index (χ0n) is 13.4. The normalized spacial score (nSPS) is 11.6. The molecule has 0 saturated carbocycles. The number of thioether (sulfide) groups is 1. The Balaban J connectivity index is 2.68. The van der Waals surface area contributed by atoms with Gasteiger partial charge in [-0.2, -0.15) is 0 Å². The molecule has 3 amide bonds. The van der Waals surface area contributed by atoms with Gasteiger partial charge in [0.25, 0.3) is 11.1 Å². The Hall–Kier alpha value is -2.02. The van der Waals surface area contributed by atoms with Gasteiger partial charge in [0.15, 0.2) is 0 Å². The maximum atomic E-state index is 12.2. The fourth-order valence-electron chi connectivity index (χ4n) is 1.79. The third-order valence-corrected chi connectivity index (χ3v) is 4.06. The van der Waals surface area contributed by atoms with E-state index in [1.807, 2.05) is 0 Å². The van der Waals surface area contributed by atoms with E-state index in [0.29, 0.717) is 17.0 Å². The molecule has 1 aromatic rings. The van der Waals surface area contributed by atoms with Crippen molar-refractivity contribution < 1.29 is 14.4 Å². The van der Waals surface area contributed by atoms with Gasteiger partial charge in [0.2, 0.25) is 5.91 Å². The number of rotatable bonds is 8. The molecule has 0 aliphatic rings. The van der Waals surface area contributed by atoms with Crippen molar-refractivity contribution in [1.29, 1.82) is 0 Å². The van der Waals surface area contributed by atoms with Crippen molar-refractivity contribution in [2.45, 2.75) is 44.0 Å². The molecule has 23 heavy (non-hydrogen) atoms. The summed E-state index contributed by atoms with van der Waals surface area (Å²) in [6, 6.07) is 5.98. The van der Waals surface area contributed by atoms with E-state index in [1.165, 1.54) is 6.92 Å². The Bertz CT molecular complexity index is 563. The number of nitrogens with one attached hydrogen (secondary N) is 2. The first-order valence-electron chi connectivity index (χ1n) is 7.60. The van der Waals surface area contributed by atoms with Crippen LogP contribution in [0.25, 0.3) is 0 Å². The zero-order chi connectivity index (χ0) is 17.2. The number of carbonyl (C=O) groups is 3. The summed E-state index contributed by atoms with van der Waals surface area (Å²) >= 11 is 0.965. The molecule has 4 N–H and O–H groups in total. The number of primary amides is 1. The Labute approximate surface area is 140 Å². The van der Waals surface area contributed by atoms with Crippen LogP contribution in [-0.4, -0.2) is 29.6 Å². The van der Waals surface area contributed by atoms with Crippen molar-refractivity contribution in [3.8, 4) is 0 Å². The average molecular weight is 337 g/mol. The number of amides is 3. The van der Waals surface area contributed by atoms with Crippen LogP contribution in [0, 0.1) is 0 Å². The molecule has 0 unspecified atom stereocenters. The van der Waals surface area contributed by atoms with E-state index in [4.69, 9.17) is 5.73 Å². The molecule has 0 radical (unpaired) electrons. The molecule has 0 saturated heterocycles. The summed E-state index contributed by atoms with van der Waals surface area (Å²) in [5, 5.41) is 5.12. The monoisotopic (exact) mass is 337 g/mol. The third-order valence-electron chi connectivity index (χ3n) is 3.16. The molecule has 0 bridgehead atoms. The van der Waals surface area contributed by atoms with Crippen LogP contribution in [0.3, 0.4) is 0 Å². The summed E-state index contributed by atoms with van der Waals surface area (Å²) in [5.74, 6) is -1.05. The molecule has 1 aromatic carbocycles. The van der Waals surface area contributed by atoms with E-state index in [1.54, 1.807) is 24.3 Å². The van der Waals surface area contributed by atoms with Gasteiger partial charge >= 0.3 is 0 Å². The number of unbranched alkanes of at least 4 members (excludes halogenated alkanes) is 2. The summed E-state index contributed by atoms with van der Waals surface area (Å²) in [5.41, 5.74) is 5.48. The van der Waals surface area contributed by atoms with E-state index < -0.39 is 17.9 Å². The summed E-state index contributed by atoms with van der Waals surface area (Å²) in [6.45, 7) is 4.22. The van der Waals surface area contributed by atoms with Crippen LogP contribution >= 0.6 is 11.8 Å². The first kappa shape index (κ1) is 19.0. The minimum Gasteiger partial charge on any atom is -0.368 e. The number of hydrogen-bond donors (Lipinski definition) is 3. The number of carbonyl (C=O) groups excluding carboxylic acids is 3. The maximum absolute atomic E-state index is 12.2. The van der Waals surface area contributed by atoms with Crippen LogP contribution in [0.15, 0.2) is 29.2 Å². The van der Waals surface area contributed by atoms with E-state index in [9.17, 15) is 14.4 Å². The molecule has 0 spiro atoms. The Morgan fingerprint density at radius 3 is 2.57 bits per heavy atom. The van der Waals surface area contributed by atoms with Gasteiger partial charge in [0, 0.05) is 11.4 Å². The van der Waals surface area contributed by atoms with Crippen molar-refractivity contribution in [2.24, 2.45) is 5.73 Å². The fourth-order valence-corrected chi connectivity index (χ4v) is 2.58. The lowest BCUT2D eigenvalue weighted by atomic mass is 10.2. The van der Waals surface area contributed by atoms with Crippen molar-refractivity contribution in [1.82, 2.24) is 10.6 Å². The smallest absolute Gasteiger partial charge is 0.283 e. The van der Waals surface area contributed by atoms with Crippen LogP contribution in [0.5, 0.6) is 0 Å². The van der Waals surface area contributed by atoms with Crippen LogP contribution in [0.4, 0.5) is 4.79 Å². The van der Waals surface area contributed by atoms with E-state index in [-0.39, 0.29) is 5.24 Å². The average Bonchev–Trinajstić information content (AvgIpc) is 2.51. The Morgan fingerprint density at radius 1 is 1.22 bits per heavy atom. The van der Waals surface area contributed by atoms with Crippen molar-refractivity contribution >= 4 is 28.8 Å². The molecule has 0 aliphatic carbocycles. The molecular formula is C16H23N3O3S. The molecule has 0 aromatic heterocycles. The first-order valence-corrected chi connectivity index (χ1v) is 8.42. The molecule has 0 fully saturated rings. The van der Waals surface area contributed by atoms with Crippen LogP contribution in [-0.2, 0) is 4.79 Å². The SMILES string of the molecule is CCCCCNC(=O)Sc1ccccc1C(=O)N[C@H](C)C(N)=O. The highest BCUT2D eigenvalue weighted by molar-refractivity contribution is 8.13. The molecule has 1 rings (SSSR count). The molecule has 0 aliphatic heterocycles. The van der Waals surface area contributed by atoms with Crippen LogP contribution in [0.1, 0.15) is 43.5 Å². The lowest BCUT2D eigenvalue weighted by Gasteiger charge is -2.12. The standard InChI is InChI=1S/C16H23N3O3S/c1-3-4-7-10-18-16(22)23-13-9-6-5-8-12(13)15(21)19-11(2)14(17)20/h5-6,8-9,11H,3-4,7,10H2,1-2H3,(H2,17,20)(H,18,22)(H,19,21)/t11-/m1/s1. The minimum atomic E-state index is -0.775. The quantitative estimate of drug-likeness (QED) is 0.500. The fraction of sp³-hybridized carbons (Fsp3) is 0.438. The predicted molar refractivity (Wildman–Crippen MR) is 91.3 cm³/mol. The van der Waals surface area contributed by atoms with Gasteiger partial charge < -0.3 is 16.4 Å². The van der Waals surface area contributed by atoms with Gasteiger partial charge in [-0.1, -0.05) is 31.9 Å². The topological polar surface area (TPSA) is 101 Å². The van der Waals surface area contributed by atoms with Gasteiger partial charge in [0.1, 0.15) is 6.04 Å². The molecule has 1 atom stereocenters. The first-order chi connectivity index (χ1) is 11.0. The number of nitrogens with two attached hydrogens (primary N) is 1. The van der Waals surface area contributed by atoms with E-state index in [0.717, 1.165) is 31.0 Å². The second-order valence-corrected chi connectivity index (χ2v) is 6.13. The van der Waals surface area contributed by atoms with Crippen molar-refractivity contribution in [2.75, 3.05) is 6.54 Å². The molecule has 126 valence electrons. The van der Waals surface area contributed by atoms with E-state index >= 15 is 0 Å². The van der Waals surface area contributed by atoms with Gasteiger partial charge in [-0.15, -0.1) is 0 Å². The van der Waals surface area contributed by atoms with Gasteiger partial charge in [-0.05, 0) is 37.2 Å². The predicted octanol–water partition coefficient (Wildman–Crippen LogP) is 2.28. The minimum absolute atomic E-state index is 0.204. The number of benzene rings is 1. The second-order valence-electron chi connectivity index (χ2n) is 5.12. The third kappa shape index (κ3) is 6.73. The van der Waals surface area contributed by atoms with Crippen molar-refractivity contribution in [3.05, 3.63) is 29.8 Å². The molecule has 0 heterocycles. The van der Waals surface area contributed by atoms with Gasteiger partial charge in [-0.25, -0.2) is 0 Å². The zero-order valence-corrected chi connectivity index (χ0v) is 14.2. The number of hydrogen-bond acceptors (Lipinski definition) is 4. The highest BCUT2D eigenvalue weighted by Gasteiger charge is 2.18.